The molecule has 5 heteroatoms. The molecule has 2 aromatic carbocycles. The van der Waals surface area contributed by atoms with Crippen LogP contribution in [0, 0.1) is 0 Å². The van der Waals surface area contributed by atoms with Crippen LogP contribution in [0.15, 0.2) is 84.1 Å². The summed E-state index contributed by atoms with van der Waals surface area (Å²) in [5.41, 5.74) is 7.63. The quantitative estimate of drug-likeness (QED) is 0.811. The number of hydrazine groups is 1. The van der Waals surface area contributed by atoms with Gasteiger partial charge in [-0.1, -0.05) is 36.4 Å². The Morgan fingerprint density at radius 1 is 1.10 bits per heavy atom. The van der Waals surface area contributed by atoms with Gasteiger partial charge in [0.05, 0.1) is 11.7 Å². The predicted molar refractivity (Wildman–Crippen MR) is 115 cm³/mol. The molecule has 1 unspecified atom stereocenters. The molecule has 148 valence electrons. The minimum Gasteiger partial charge on any atom is -0.457 e. The van der Waals surface area contributed by atoms with Gasteiger partial charge in [-0.15, -0.1) is 0 Å². The smallest absolute Gasteiger partial charge is 0.147 e. The molecule has 0 aliphatic carbocycles. The molecule has 0 radical (unpaired) electrons. The maximum Gasteiger partial charge on any atom is 0.147 e. The highest BCUT2D eigenvalue weighted by atomic mass is 16.5. The third-order valence-electron chi connectivity index (χ3n) is 5.12. The molecule has 2 aliphatic heterocycles. The van der Waals surface area contributed by atoms with E-state index in [2.05, 4.69) is 29.0 Å². The van der Waals surface area contributed by atoms with Crippen molar-refractivity contribution in [3.63, 3.8) is 0 Å². The Morgan fingerprint density at radius 2 is 1.86 bits per heavy atom. The molecule has 2 N–H and O–H groups in total. The summed E-state index contributed by atoms with van der Waals surface area (Å²) in [5.74, 6) is 1.73. The number of carbonyl (C=O) groups is 1. The number of benzene rings is 2. The van der Waals surface area contributed by atoms with Gasteiger partial charge in [0, 0.05) is 30.9 Å². The highest BCUT2D eigenvalue weighted by molar-refractivity contribution is 5.83. The Balaban J connectivity index is 1.75. The fraction of sp³-hybridized carbons (Fsp3) is 0.208. The molecule has 0 spiro atoms. The number of nitrogens with zero attached hydrogens (tertiary/aromatic N) is 1. The second-order valence-corrected chi connectivity index (χ2v) is 7.24. The summed E-state index contributed by atoms with van der Waals surface area (Å²) in [5, 5.41) is 5.19. The first kappa shape index (κ1) is 19.0. The number of nitrogens with one attached hydrogen (secondary N) is 2. The lowest BCUT2D eigenvalue weighted by Gasteiger charge is -2.30. The number of para-hydroxylation sites is 2. The summed E-state index contributed by atoms with van der Waals surface area (Å²) < 4.78 is 6.19. The zero-order valence-corrected chi connectivity index (χ0v) is 16.7. The third kappa shape index (κ3) is 4.25. The van der Waals surface area contributed by atoms with Crippen molar-refractivity contribution < 1.29 is 9.53 Å². The second kappa shape index (κ2) is 8.37. The molecular weight excluding hydrogens is 362 g/mol. The second-order valence-electron chi connectivity index (χ2n) is 7.24. The molecule has 5 nitrogen and oxygen atoms in total. The number of hydrogen-bond donors (Lipinski definition) is 2. The maximum absolute atomic E-state index is 11.9. The van der Waals surface area contributed by atoms with Gasteiger partial charge in [0.2, 0.25) is 0 Å². The first-order chi connectivity index (χ1) is 14.1. The van der Waals surface area contributed by atoms with Gasteiger partial charge in [-0.2, -0.15) is 0 Å². The molecule has 0 fully saturated rings. The lowest BCUT2D eigenvalue weighted by Crippen LogP contribution is -2.39. The summed E-state index contributed by atoms with van der Waals surface area (Å²) in [6, 6.07) is 17.6. The van der Waals surface area contributed by atoms with Gasteiger partial charge in [-0.05, 0) is 49.3 Å². The Labute approximate surface area is 171 Å². The molecule has 2 aliphatic rings. The first-order valence-electron chi connectivity index (χ1n) is 9.79. The Morgan fingerprint density at radius 3 is 2.66 bits per heavy atom. The van der Waals surface area contributed by atoms with E-state index in [9.17, 15) is 4.79 Å². The van der Waals surface area contributed by atoms with E-state index >= 15 is 0 Å². The van der Waals surface area contributed by atoms with Gasteiger partial charge in [0.1, 0.15) is 17.3 Å². The Kier molecular flexibility index (Phi) is 5.49. The van der Waals surface area contributed by atoms with Crippen molar-refractivity contribution in [1.82, 2.24) is 15.8 Å². The van der Waals surface area contributed by atoms with Crippen LogP contribution < -0.4 is 15.5 Å². The molecule has 4 rings (SSSR count). The van der Waals surface area contributed by atoms with Crippen molar-refractivity contribution >= 4 is 11.5 Å². The van der Waals surface area contributed by atoms with E-state index in [-0.39, 0.29) is 11.8 Å². The van der Waals surface area contributed by atoms with Crippen molar-refractivity contribution in [2.45, 2.75) is 19.4 Å². The van der Waals surface area contributed by atoms with Crippen LogP contribution in [0.4, 0.5) is 0 Å². The van der Waals surface area contributed by atoms with Crippen LogP contribution in [0.3, 0.4) is 0 Å². The van der Waals surface area contributed by atoms with E-state index in [4.69, 9.17) is 4.74 Å². The molecule has 0 saturated carbocycles. The highest BCUT2D eigenvalue weighted by Crippen LogP contribution is 2.35. The zero-order valence-electron chi connectivity index (χ0n) is 16.7. The average Bonchev–Trinajstić information content (AvgIpc) is 2.75. The fourth-order valence-corrected chi connectivity index (χ4v) is 3.60. The van der Waals surface area contributed by atoms with E-state index in [1.807, 2.05) is 66.8 Å². The summed E-state index contributed by atoms with van der Waals surface area (Å²) in [7, 11) is 1.96. The molecule has 0 amide bonds. The first-order valence-corrected chi connectivity index (χ1v) is 9.79. The topological polar surface area (TPSA) is 53.6 Å². The largest absolute Gasteiger partial charge is 0.457 e. The number of ketones is 1. The Hall–Kier alpha value is -3.31. The number of hydrogen-bond acceptors (Lipinski definition) is 5. The van der Waals surface area contributed by atoms with Crippen molar-refractivity contribution in [3.05, 3.63) is 89.7 Å². The molecule has 0 bridgehead atoms. The molecule has 1 atom stereocenters. The van der Waals surface area contributed by atoms with Crippen LogP contribution in [0.5, 0.6) is 11.5 Å². The van der Waals surface area contributed by atoms with E-state index in [1.165, 1.54) is 0 Å². The van der Waals surface area contributed by atoms with Crippen LogP contribution in [0.2, 0.25) is 0 Å². The van der Waals surface area contributed by atoms with Gasteiger partial charge in [-0.3, -0.25) is 15.2 Å². The molecule has 0 aromatic heterocycles. The summed E-state index contributed by atoms with van der Waals surface area (Å²) in [6.45, 7) is 2.32. The molecular formula is C24H25N3O2. The molecule has 2 aromatic rings. The summed E-state index contributed by atoms with van der Waals surface area (Å²) in [4.78, 5) is 11.9. The number of ether oxygens (including phenoxy) is 1. The lowest BCUT2D eigenvalue weighted by atomic mass is 9.90. The predicted octanol–water partition coefficient (Wildman–Crippen LogP) is 4.03. The van der Waals surface area contributed by atoms with E-state index in [0.717, 1.165) is 33.9 Å². The van der Waals surface area contributed by atoms with Crippen molar-refractivity contribution in [1.29, 1.82) is 0 Å². The van der Waals surface area contributed by atoms with Gasteiger partial charge in [0.25, 0.3) is 0 Å². The summed E-state index contributed by atoms with van der Waals surface area (Å²) >= 11 is 0. The average molecular weight is 387 g/mol. The summed E-state index contributed by atoms with van der Waals surface area (Å²) in [6.07, 6.45) is 6.92. The third-order valence-corrected chi connectivity index (χ3v) is 5.12. The SMILES string of the molecule is CC(=O)C1CC(C2=C(c3ccccc3Oc3ccccc3)NN(C)C=C2)=CCN1. The van der Waals surface area contributed by atoms with Crippen LogP contribution in [0.25, 0.3) is 5.70 Å². The fourth-order valence-electron chi connectivity index (χ4n) is 3.60. The van der Waals surface area contributed by atoms with Crippen LogP contribution in [-0.4, -0.2) is 30.4 Å². The van der Waals surface area contributed by atoms with Crippen molar-refractivity contribution in [3.8, 4) is 11.5 Å². The minimum atomic E-state index is -0.146. The van der Waals surface area contributed by atoms with E-state index in [1.54, 1.807) is 6.92 Å². The van der Waals surface area contributed by atoms with Crippen molar-refractivity contribution in [2.24, 2.45) is 0 Å². The lowest BCUT2D eigenvalue weighted by molar-refractivity contribution is -0.119. The standard InChI is InChI=1S/C24H25N3O2/c1-17(28)22-16-18(12-14-25-22)20-13-15-27(2)26-24(20)21-10-6-7-11-23(21)29-19-8-4-3-5-9-19/h3-13,15,22,25-26H,14,16H2,1-2H3. The van der Waals surface area contributed by atoms with E-state index in [0.29, 0.717) is 13.0 Å². The van der Waals surface area contributed by atoms with Crippen LogP contribution in [0.1, 0.15) is 18.9 Å². The van der Waals surface area contributed by atoms with Gasteiger partial charge in [0.15, 0.2) is 0 Å². The number of rotatable bonds is 5. The molecule has 0 saturated heterocycles. The molecule has 29 heavy (non-hydrogen) atoms. The molecule has 2 heterocycles. The number of allylic oxidation sites excluding steroid dienone is 2. The van der Waals surface area contributed by atoms with Crippen LogP contribution >= 0.6 is 0 Å². The number of carbonyl (C=O) groups excluding carboxylic acids is 1. The van der Waals surface area contributed by atoms with Gasteiger partial charge in [-0.25, -0.2) is 0 Å². The minimum absolute atomic E-state index is 0.146. The van der Waals surface area contributed by atoms with Gasteiger partial charge < -0.3 is 10.1 Å². The van der Waals surface area contributed by atoms with Gasteiger partial charge >= 0.3 is 0 Å². The monoisotopic (exact) mass is 387 g/mol. The van der Waals surface area contributed by atoms with Crippen molar-refractivity contribution in [2.75, 3.05) is 13.6 Å². The number of Topliss-reactive ketones (excluding diaryl/α,β-unsaturated/α-hetero) is 1. The Bertz CT molecular complexity index is 992. The maximum atomic E-state index is 11.9. The van der Waals surface area contributed by atoms with Crippen LogP contribution in [-0.2, 0) is 4.79 Å². The zero-order chi connectivity index (χ0) is 20.2. The normalized spacial score (nSPS) is 18.9. The van der Waals surface area contributed by atoms with E-state index < -0.39 is 0 Å². The highest BCUT2D eigenvalue weighted by Gasteiger charge is 2.25.